The normalized spacial score (nSPS) is 24.7. The smallest absolute Gasteiger partial charge is 0.293 e. The maximum atomic E-state index is 13.2. The number of nitrogens with one attached hydrogen (secondary N) is 2. The average Bonchev–Trinajstić information content (AvgIpc) is 3.16. The van der Waals surface area contributed by atoms with Crippen LogP contribution in [0.3, 0.4) is 0 Å². The highest BCUT2D eigenvalue weighted by molar-refractivity contribution is 7.90. The first-order valence-electron chi connectivity index (χ1n) is 19.6. The monoisotopic (exact) mass is 741 g/mol. The summed E-state index contributed by atoms with van der Waals surface area (Å²) in [5.41, 5.74) is 2.96. The predicted molar refractivity (Wildman–Crippen MR) is 209 cm³/mol. The molecule has 5 fully saturated rings. The fraction of sp³-hybridized carbons (Fsp3) is 0.548. The Hall–Kier alpha value is -3.96. The number of nitrogens with zero attached hydrogens (tertiary/aromatic N) is 3. The number of sulfonamides is 1. The molecule has 0 radical (unpaired) electrons. The molecule has 4 aliphatic carbocycles. The zero-order chi connectivity index (χ0) is 37.3. The lowest BCUT2D eigenvalue weighted by Gasteiger charge is -2.64. The molecular formula is C42H55N5O5S. The van der Waals surface area contributed by atoms with Gasteiger partial charge in [-0.15, -0.1) is 0 Å². The van der Waals surface area contributed by atoms with E-state index in [2.05, 4.69) is 70.9 Å². The van der Waals surface area contributed by atoms with Gasteiger partial charge in [-0.1, -0.05) is 70.4 Å². The molecule has 11 heteroatoms. The molecule has 3 aromatic carbocycles. The van der Waals surface area contributed by atoms with Crippen LogP contribution in [0, 0.1) is 39.2 Å². The van der Waals surface area contributed by atoms with Gasteiger partial charge in [0.1, 0.15) is 5.69 Å². The largest absolute Gasteiger partial charge is 0.379 e. The van der Waals surface area contributed by atoms with Crippen molar-refractivity contribution in [1.29, 1.82) is 0 Å². The molecule has 10 nitrogen and oxygen atoms in total. The fourth-order valence-electron chi connectivity index (χ4n) is 10.0. The number of hydrogen-bond acceptors (Lipinski definition) is 8. The van der Waals surface area contributed by atoms with Crippen LogP contribution in [0.15, 0.2) is 77.7 Å². The third kappa shape index (κ3) is 7.97. The van der Waals surface area contributed by atoms with Gasteiger partial charge in [0.2, 0.25) is 0 Å². The van der Waals surface area contributed by atoms with Gasteiger partial charge in [0, 0.05) is 55.6 Å². The van der Waals surface area contributed by atoms with Crippen molar-refractivity contribution in [2.24, 2.45) is 29.1 Å². The van der Waals surface area contributed by atoms with Gasteiger partial charge in [-0.2, -0.15) is 0 Å². The van der Waals surface area contributed by atoms with Crippen LogP contribution in [-0.4, -0.2) is 55.9 Å². The highest BCUT2D eigenvalue weighted by Crippen LogP contribution is 2.62. The topological polar surface area (TPSA) is 125 Å². The number of rotatable bonds is 12. The van der Waals surface area contributed by atoms with E-state index >= 15 is 0 Å². The van der Waals surface area contributed by atoms with Gasteiger partial charge in [0.05, 0.1) is 9.82 Å². The van der Waals surface area contributed by atoms with E-state index in [9.17, 15) is 23.3 Å². The van der Waals surface area contributed by atoms with E-state index in [0.29, 0.717) is 35.9 Å². The summed E-state index contributed by atoms with van der Waals surface area (Å²) in [5.74, 6) is 1.91. The van der Waals surface area contributed by atoms with E-state index in [1.54, 1.807) is 12.1 Å². The van der Waals surface area contributed by atoms with Crippen LogP contribution in [0.4, 0.5) is 17.1 Å². The minimum Gasteiger partial charge on any atom is -0.379 e. The number of fused-ring (bicyclic) bond motifs is 2. The summed E-state index contributed by atoms with van der Waals surface area (Å²) in [6, 6.07) is 22.7. The van der Waals surface area contributed by atoms with E-state index in [1.165, 1.54) is 37.0 Å². The Balaban J connectivity index is 0.971. The number of nitro groups is 1. The Morgan fingerprint density at radius 3 is 2.28 bits per heavy atom. The maximum absolute atomic E-state index is 13.2. The predicted octanol–water partition coefficient (Wildman–Crippen LogP) is 8.25. The van der Waals surface area contributed by atoms with Crippen LogP contribution in [0.1, 0.15) is 94.5 Å². The molecule has 8 rings (SSSR count). The number of benzene rings is 3. The van der Waals surface area contributed by atoms with Crippen LogP contribution < -0.4 is 14.9 Å². The van der Waals surface area contributed by atoms with Gasteiger partial charge in [0.25, 0.3) is 21.6 Å². The van der Waals surface area contributed by atoms with Gasteiger partial charge < -0.3 is 10.2 Å². The number of piperidine rings is 1. The summed E-state index contributed by atoms with van der Waals surface area (Å²) < 4.78 is 28.6. The lowest BCUT2D eigenvalue weighted by molar-refractivity contribution is -0.384. The minimum absolute atomic E-state index is 0.203. The lowest BCUT2D eigenvalue weighted by Crippen LogP contribution is -2.62. The fourth-order valence-corrected chi connectivity index (χ4v) is 11.0. The quantitative estimate of drug-likeness (QED) is 0.141. The second-order valence-corrected chi connectivity index (χ2v) is 18.4. The Bertz CT molecular complexity index is 1870. The van der Waals surface area contributed by atoms with E-state index in [1.807, 2.05) is 12.1 Å². The van der Waals surface area contributed by atoms with E-state index in [0.717, 1.165) is 81.7 Å². The van der Waals surface area contributed by atoms with E-state index < -0.39 is 20.9 Å². The lowest BCUT2D eigenvalue weighted by atomic mass is 9.44. The van der Waals surface area contributed by atoms with Crippen molar-refractivity contribution < 1.29 is 18.1 Å². The molecule has 5 aliphatic rings. The molecule has 4 atom stereocenters. The minimum atomic E-state index is -4.35. The van der Waals surface area contributed by atoms with Crippen molar-refractivity contribution in [2.75, 3.05) is 29.9 Å². The Kier molecular flexibility index (Phi) is 10.9. The second-order valence-electron chi connectivity index (χ2n) is 16.7. The molecule has 53 heavy (non-hydrogen) atoms. The van der Waals surface area contributed by atoms with Crippen molar-refractivity contribution in [3.8, 4) is 0 Å². The number of carbonyl (C=O) groups excluding carboxylic acids is 1. The first-order chi connectivity index (χ1) is 25.4. The molecule has 3 aromatic rings. The molecule has 2 bridgehead atoms. The molecule has 1 aliphatic heterocycles. The highest BCUT2D eigenvalue weighted by atomic mass is 32.2. The standard InChI is InChI=1S/C42H55N5O5S/c1-29-37-24-33(42(37,2)3)25-39(29)46(28-31-12-8-5-9-13-31)35-20-22-45(23-21-35)34-16-14-32(15-17-34)41(48)44-53(51,52)36-18-19-38(40(26-36)47(49)50)43-27-30-10-6-4-7-11-30/h5,8-9,12-19,26,29-30,33,35,37,39,43H,4,6-7,10-11,20-25,27-28H2,1-3H3,(H,44,48)/t29-,33+,37-,39-/m0/s1. The molecule has 4 saturated carbocycles. The first kappa shape index (κ1) is 37.4. The molecular weight excluding hydrogens is 687 g/mol. The molecule has 1 saturated heterocycles. The summed E-state index contributed by atoms with van der Waals surface area (Å²) >= 11 is 0. The summed E-state index contributed by atoms with van der Waals surface area (Å²) in [4.78, 5) is 29.3. The third-order valence-electron chi connectivity index (χ3n) is 13.4. The summed E-state index contributed by atoms with van der Waals surface area (Å²) in [6.45, 7) is 10.8. The second kappa shape index (κ2) is 15.4. The molecule has 284 valence electrons. The van der Waals surface area contributed by atoms with Crippen LogP contribution in [-0.2, 0) is 16.6 Å². The van der Waals surface area contributed by atoms with Gasteiger partial charge >= 0.3 is 0 Å². The average molecular weight is 742 g/mol. The van der Waals surface area contributed by atoms with Crippen molar-refractivity contribution in [1.82, 2.24) is 9.62 Å². The van der Waals surface area contributed by atoms with Crippen LogP contribution >= 0.6 is 0 Å². The number of amides is 1. The summed E-state index contributed by atoms with van der Waals surface area (Å²) in [6.07, 6.45) is 10.4. The number of anilines is 2. The zero-order valence-corrected chi connectivity index (χ0v) is 32.2. The summed E-state index contributed by atoms with van der Waals surface area (Å²) in [5, 5.41) is 15.0. The zero-order valence-electron chi connectivity index (χ0n) is 31.4. The van der Waals surface area contributed by atoms with Gasteiger partial charge in [-0.25, -0.2) is 13.1 Å². The molecule has 1 amide bonds. The van der Waals surface area contributed by atoms with Gasteiger partial charge in [-0.05, 0) is 110 Å². The Morgan fingerprint density at radius 2 is 1.64 bits per heavy atom. The Labute approximate surface area is 314 Å². The molecule has 1 heterocycles. The van der Waals surface area contributed by atoms with E-state index in [-0.39, 0.29) is 21.8 Å². The van der Waals surface area contributed by atoms with Gasteiger partial charge in [-0.3, -0.25) is 19.8 Å². The SMILES string of the molecule is C[C@@H]1[C@@H](N(Cc2ccccc2)C2CCN(c3ccc(C(=O)NS(=O)(=O)c4ccc(NCC5CCCCC5)c([N+](=O)[O-])c4)cc3)CC2)C[C@H]2C[C@@H]1C2(C)C. The first-order valence-corrected chi connectivity index (χ1v) is 21.1. The highest BCUT2D eigenvalue weighted by Gasteiger charge is 2.57. The van der Waals surface area contributed by atoms with Crippen LogP contribution in [0.2, 0.25) is 0 Å². The molecule has 0 aromatic heterocycles. The number of hydrogen-bond donors (Lipinski definition) is 2. The molecule has 0 spiro atoms. The van der Waals surface area contributed by atoms with Crippen molar-refractivity contribution in [3.63, 3.8) is 0 Å². The number of nitro benzene ring substituents is 1. The third-order valence-corrected chi connectivity index (χ3v) is 14.7. The van der Waals surface area contributed by atoms with Crippen molar-refractivity contribution >= 4 is 33.0 Å². The Morgan fingerprint density at radius 1 is 0.943 bits per heavy atom. The maximum Gasteiger partial charge on any atom is 0.293 e. The van der Waals surface area contributed by atoms with E-state index in [4.69, 9.17) is 0 Å². The van der Waals surface area contributed by atoms with Crippen molar-refractivity contribution in [3.05, 3.63) is 94.0 Å². The molecule has 0 unspecified atom stereocenters. The van der Waals surface area contributed by atoms with Gasteiger partial charge in [0.15, 0.2) is 0 Å². The van der Waals surface area contributed by atoms with Crippen LogP contribution in [0.5, 0.6) is 0 Å². The number of carbonyl (C=O) groups is 1. The van der Waals surface area contributed by atoms with Crippen LogP contribution in [0.25, 0.3) is 0 Å². The molecule has 2 N–H and O–H groups in total. The summed E-state index contributed by atoms with van der Waals surface area (Å²) in [7, 11) is -4.35. The van der Waals surface area contributed by atoms with Crippen molar-refractivity contribution in [2.45, 2.75) is 102 Å².